The molecule has 19 heavy (non-hydrogen) atoms. The number of aromatic nitrogens is 1. The molecule has 0 spiro atoms. The molecule has 0 aliphatic carbocycles. The van der Waals surface area contributed by atoms with E-state index in [0.717, 1.165) is 28.0 Å². The Balaban J connectivity index is 2.32. The van der Waals surface area contributed by atoms with E-state index in [2.05, 4.69) is 40.0 Å². The van der Waals surface area contributed by atoms with Crippen LogP contribution in [0.1, 0.15) is 16.7 Å². The van der Waals surface area contributed by atoms with E-state index in [1.54, 1.807) is 0 Å². The monoisotopic (exact) mass is 315 g/mol. The quantitative estimate of drug-likeness (QED) is 0.806. The van der Waals surface area contributed by atoms with Crippen LogP contribution in [0.3, 0.4) is 0 Å². The summed E-state index contributed by atoms with van der Waals surface area (Å²) in [6.45, 7) is 2.05. The third-order valence-corrected chi connectivity index (χ3v) is 3.61. The summed E-state index contributed by atoms with van der Waals surface area (Å²) in [7, 11) is 1.98. The van der Waals surface area contributed by atoms with Crippen molar-refractivity contribution >= 4 is 27.4 Å². The van der Waals surface area contributed by atoms with E-state index >= 15 is 0 Å². The Morgan fingerprint density at radius 3 is 2.53 bits per heavy atom. The van der Waals surface area contributed by atoms with E-state index in [-0.39, 0.29) is 0 Å². The molecular weight excluding hydrogens is 302 g/mol. The van der Waals surface area contributed by atoms with Crippen molar-refractivity contribution in [1.29, 1.82) is 5.26 Å². The highest BCUT2D eigenvalue weighted by Crippen LogP contribution is 2.25. The molecule has 0 unspecified atom stereocenters. The van der Waals surface area contributed by atoms with Crippen LogP contribution in [0.2, 0.25) is 0 Å². The fourth-order valence-electron chi connectivity index (χ4n) is 1.93. The molecule has 0 fully saturated rings. The van der Waals surface area contributed by atoms with Crippen LogP contribution in [0.25, 0.3) is 0 Å². The maximum Gasteiger partial charge on any atom is 0.135 e. The van der Waals surface area contributed by atoms with Gasteiger partial charge in [0.25, 0.3) is 0 Å². The summed E-state index contributed by atoms with van der Waals surface area (Å²) in [4.78, 5) is 6.52. The van der Waals surface area contributed by atoms with Gasteiger partial charge in [-0.3, -0.25) is 0 Å². The molecule has 1 aromatic heterocycles. The van der Waals surface area contributed by atoms with Crippen molar-refractivity contribution in [1.82, 2.24) is 4.98 Å². The van der Waals surface area contributed by atoms with Gasteiger partial charge in [-0.1, -0.05) is 22.0 Å². The largest absolute Gasteiger partial charge is 0.329 e. The molecule has 0 bridgehead atoms. The van der Waals surface area contributed by atoms with Gasteiger partial charge in [0.15, 0.2) is 0 Å². The molecule has 96 valence electrons. The average molecular weight is 316 g/mol. The SMILES string of the molecule is Cc1cc(CBr)cnc1N(C)c1ccc(C#N)cc1. The first-order valence-electron chi connectivity index (χ1n) is 5.91. The number of halogens is 1. The maximum atomic E-state index is 8.81. The Morgan fingerprint density at radius 1 is 1.32 bits per heavy atom. The van der Waals surface area contributed by atoms with Crippen molar-refractivity contribution in [2.45, 2.75) is 12.3 Å². The topological polar surface area (TPSA) is 39.9 Å². The van der Waals surface area contributed by atoms with Gasteiger partial charge in [0, 0.05) is 24.3 Å². The summed E-state index contributed by atoms with van der Waals surface area (Å²) in [6.07, 6.45) is 1.87. The normalized spacial score (nSPS) is 10.0. The highest BCUT2D eigenvalue weighted by molar-refractivity contribution is 9.08. The second kappa shape index (κ2) is 5.85. The van der Waals surface area contributed by atoms with Gasteiger partial charge in [-0.15, -0.1) is 0 Å². The van der Waals surface area contributed by atoms with Gasteiger partial charge in [0.1, 0.15) is 5.82 Å². The lowest BCUT2D eigenvalue weighted by atomic mass is 10.2. The molecule has 0 amide bonds. The summed E-state index contributed by atoms with van der Waals surface area (Å²) in [5, 5.41) is 9.61. The van der Waals surface area contributed by atoms with E-state index in [9.17, 15) is 0 Å². The Kier molecular flexibility index (Phi) is 4.18. The predicted molar refractivity (Wildman–Crippen MR) is 80.8 cm³/mol. The molecule has 4 heteroatoms. The van der Waals surface area contributed by atoms with Gasteiger partial charge >= 0.3 is 0 Å². The Morgan fingerprint density at radius 2 is 2.00 bits per heavy atom. The summed E-state index contributed by atoms with van der Waals surface area (Å²) in [5.41, 5.74) is 3.97. The molecule has 0 N–H and O–H groups in total. The van der Waals surface area contributed by atoms with Gasteiger partial charge in [-0.05, 0) is 42.3 Å². The highest BCUT2D eigenvalue weighted by atomic mass is 79.9. The van der Waals surface area contributed by atoms with Crippen molar-refractivity contribution in [3.8, 4) is 6.07 Å². The Hall–Kier alpha value is -1.86. The van der Waals surface area contributed by atoms with Crippen LogP contribution in [0, 0.1) is 18.3 Å². The van der Waals surface area contributed by atoms with E-state index in [4.69, 9.17) is 5.26 Å². The third-order valence-electron chi connectivity index (χ3n) is 2.96. The molecule has 0 saturated heterocycles. The smallest absolute Gasteiger partial charge is 0.135 e. The molecule has 3 nitrogen and oxygen atoms in total. The van der Waals surface area contributed by atoms with Crippen molar-refractivity contribution in [2.24, 2.45) is 0 Å². The lowest BCUT2D eigenvalue weighted by molar-refractivity contribution is 1.09. The van der Waals surface area contributed by atoms with Crippen LogP contribution < -0.4 is 4.90 Å². The number of nitriles is 1. The molecule has 1 aromatic carbocycles. The van der Waals surface area contributed by atoms with Crippen molar-refractivity contribution < 1.29 is 0 Å². The van der Waals surface area contributed by atoms with E-state index in [1.807, 2.05) is 42.4 Å². The van der Waals surface area contributed by atoms with Gasteiger partial charge in [0.2, 0.25) is 0 Å². The highest BCUT2D eigenvalue weighted by Gasteiger charge is 2.09. The van der Waals surface area contributed by atoms with Gasteiger partial charge in [-0.25, -0.2) is 4.98 Å². The zero-order valence-corrected chi connectivity index (χ0v) is 12.5. The Labute approximate surface area is 121 Å². The summed E-state index contributed by atoms with van der Waals surface area (Å²) in [6, 6.07) is 11.7. The van der Waals surface area contributed by atoms with Crippen LogP contribution in [0.4, 0.5) is 11.5 Å². The molecule has 0 aliphatic rings. The second-order valence-electron chi connectivity index (χ2n) is 4.34. The van der Waals surface area contributed by atoms with E-state index in [1.165, 1.54) is 0 Å². The molecule has 1 heterocycles. The molecule has 0 aliphatic heterocycles. The number of nitrogens with zero attached hydrogens (tertiary/aromatic N) is 3. The van der Waals surface area contributed by atoms with E-state index < -0.39 is 0 Å². The van der Waals surface area contributed by atoms with Gasteiger partial charge in [0.05, 0.1) is 11.6 Å². The lowest BCUT2D eigenvalue weighted by Crippen LogP contribution is -2.12. The maximum absolute atomic E-state index is 8.81. The van der Waals surface area contributed by atoms with Crippen molar-refractivity contribution in [2.75, 3.05) is 11.9 Å². The van der Waals surface area contributed by atoms with Crippen molar-refractivity contribution in [3.05, 3.63) is 53.2 Å². The fraction of sp³-hybridized carbons (Fsp3) is 0.200. The molecule has 0 atom stereocenters. The number of anilines is 2. The molecule has 2 aromatic rings. The average Bonchev–Trinajstić information content (AvgIpc) is 2.46. The number of pyridine rings is 1. The molecule has 2 rings (SSSR count). The van der Waals surface area contributed by atoms with Crippen LogP contribution in [0.5, 0.6) is 0 Å². The number of hydrogen-bond donors (Lipinski definition) is 0. The summed E-state index contributed by atoms with van der Waals surface area (Å²) in [5.74, 6) is 0.925. The standard InChI is InChI=1S/C15H14BrN3/c1-11-7-13(8-16)10-18-15(11)19(2)14-5-3-12(9-17)4-6-14/h3-7,10H,8H2,1-2H3. The lowest BCUT2D eigenvalue weighted by Gasteiger charge is -2.20. The number of aryl methyl sites for hydroxylation is 1. The number of benzene rings is 1. The molecule has 0 saturated carbocycles. The predicted octanol–water partition coefficient (Wildman–Crippen LogP) is 3.92. The minimum absolute atomic E-state index is 0.663. The third kappa shape index (κ3) is 2.94. The van der Waals surface area contributed by atoms with Crippen LogP contribution >= 0.6 is 15.9 Å². The van der Waals surface area contributed by atoms with Crippen LogP contribution in [-0.4, -0.2) is 12.0 Å². The van der Waals surface area contributed by atoms with Gasteiger partial charge in [-0.2, -0.15) is 5.26 Å². The number of alkyl halides is 1. The fourth-order valence-corrected chi connectivity index (χ4v) is 2.24. The summed E-state index contributed by atoms with van der Waals surface area (Å²) >= 11 is 3.43. The Bertz CT molecular complexity index is 614. The first-order chi connectivity index (χ1) is 9.15. The van der Waals surface area contributed by atoms with Gasteiger partial charge < -0.3 is 4.90 Å². The minimum atomic E-state index is 0.663. The molecular formula is C15H14BrN3. The first-order valence-corrected chi connectivity index (χ1v) is 7.03. The zero-order valence-electron chi connectivity index (χ0n) is 10.9. The van der Waals surface area contributed by atoms with E-state index in [0.29, 0.717) is 5.56 Å². The van der Waals surface area contributed by atoms with Crippen LogP contribution in [-0.2, 0) is 5.33 Å². The number of hydrogen-bond acceptors (Lipinski definition) is 3. The van der Waals surface area contributed by atoms with Crippen LogP contribution in [0.15, 0.2) is 36.5 Å². The molecule has 0 radical (unpaired) electrons. The second-order valence-corrected chi connectivity index (χ2v) is 4.90. The van der Waals surface area contributed by atoms with Crippen molar-refractivity contribution in [3.63, 3.8) is 0 Å². The minimum Gasteiger partial charge on any atom is -0.329 e. The summed E-state index contributed by atoms with van der Waals surface area (Å²) < 4.78 is 0. The number of rotatable bonds is 3. The zero-order chi connectivity index (χ0) is 13.8. The first kappa shape index (κ1) is 13.6.